The predicted octanol–water partition coefficient (Wildman–Crippen LogP) is 4.20. The van der Waals surface area contributed by atoms with Gasteiger partial charge in [-0.15, -0.1) is 0 Å². The lowest BCUT2D eigenvalue weighted by atomic mass is 10.1. The molecule has 2 nitrogen and oxygen atoms in total. The van der Waals surface area contributed by atoms with Crippen molar-refractivity contribution in [1.82, 2.24) is 4.98 Å². The molecule has 0 N–H and O–H groups in total. The summed E-state index contributed by atoms with van der Waals surface area (Å²) in [5, 5.41) is 0.979. The summed E-state index contributed by atoms with van der Waals surface area (Å²) in [7, 11) is 1.36. The summed E-state index contributed by atoms with van der Waals surface area (Å²) in [6, 6.07) is 6.32. The average Bonchev–Trinajstić information content (AvgIpc) is 2.27. The topological polar surface area (TPSA) is 22.1 Å². The highest BCUT2D eigenvalue weighted by Crippen LogP contribution is 2.28. The number of aromatic nitrogens is 1. The second kappa shape index (κ2) is 4.90. The Labute approximate surface area is 108 Å². The molecular weight excluding hydrogens is 264 g/mol. The van der Waals surface area contributed by atoms with Crippen molar-refractivity contribution in [2.75, 3.05) is 7.11 Å². The summed E-state index contributed by atoms with van der Waals surface area (Å²) in [5.74, 6) is -0.567. The standard InChI is InChI=1S/C12H8Cl2FNO/c1-17-12-11(15)4-8(6-16-12)7-2-9(13)5-10(14)3-7/h2-6H,1H3. The zero-order valence-corrected chi connectivity index (χ0v) is 10.4. The number of rotatable bonds is 2. The van der Waals surface area contributed by atoms with Gasteiger partial charge in [-0.2, -0.15) is 0 Å². The summed E-state index contributed by atoms with van der Waals surface area (Å²) in [6.07, 6.45) is 1.50. The van der Waals surface area contributed by atoms with Gasteiger partial charge in [-0.25, -0.2) is 9.37 Å². The zero-order chi connectivity index (χ0) is 12.4. The molecule has 1 heterocycles. The van der Waals surface area contributed by atoms with Crippen molar-refractivity contribution in [1.29, 1.82) is 0 Å². The van der Waals surface area contributed by atoms with Crippen molar-refractivity contribution in [3.05, 3.63) is 46.3 Å². The molecule has 0 saturated carbocycles. The van der Waals surface area contributed by atoms with Crippen LogP contribution in [0.3, 0.4) is 0 Å². The van der Waals surface area contributed by atoms with E-state index >= 15 is 0 Å². The molecule has 2 aromatic rings. The maximum absolute atomic E-state index is 13.5. The minimum absolute atomic E-state index is 0.0399. The van der Waals surface area contributed by atoms with E-state index in [4.69, 9.17) is 27.9 Å². The van der Waals surface area contributed by atoms with E-state index in [9.17, 15) is 4.39 Å². The highest BCUT2D eigenvalue weighted by Gasteiger charge is 2.08. The fourth-order valence-corrected chi connectivity index (χ4v) is 1.98. The van der Waals surface area contributed by atoms with Crippen molar-refractivity contribution in [2.24, 2.45) is 0 Å². The van der Waals surface area contributed by atoms with Crippen LogP contribution in [0.15, 0.2) is 30.5 Å². The van der Waals surface area contributed by atoms with E-state index in [0.717, 1.165) is 0 Å². The third kappa shape index (κ3) is 2.68. The maximum Gasteiger partial charge on any atom is 0.250 e. The number of methoxy groups -OCH3 is 1. The van der Waals surface area contributed by atoms with E-state index in [1.54, 1.807) is 18.2 Å². The Bertz CT molecular complexity index is 540. The van der Waals surface area contributed by atoms with E-state index in [1.807, 2.05) is 0 Å². The molecular formula is C12H8Cl2FNO. The molecule has 0 aliphatic heterocycles. The molecule has 5 heteroatoms. The lowest BCUT2D eigenvalue weighted by molar-refractivity contribution is 0.369. The van der Waals surface area contributed by atoms with Crippen molar-refractivity contribution < 1.29 is 9.13 Å². The Morgan fingerprint density at radius 1 is 1.06 bits per heavy atom. The number of hydrogen-bond acceptors (Lipinski definition) is 2. The van der Waals surface area contributed by atoms with Gasteiger partial charge in [0.15, 0.2) is 5.82 Å². The number of nitrogens with zero attached hydrogens (tertiary/aromatic N) is 1. The lowest BCUT2D eigenvalue weighted by Gasteiger charge is -2.05. The first-order valence-corrected chi connectivity index (χ1v) is 5.52. The minimum atomic E-state index is -0.527. The van der Waals surface area contributed by atoms with Crippen LogP contribution in [0.1, 0.15) is 0 Å². The second-order valence-electron chi connectivity index (χ2n) is 3.37. The summed E-state index contributed by atoms with van der Waals surface area (Å²) in [4.78, 5) is 3.85. The van der Waals surface area contributed by atoms with E-state index in [1.165, 1.54) is 19.4 Å². The van der Waals surface area contributed by atoms with Gasteiger partial charge >= 0.3 is 0 Å². The SMILES string of the molecule is COc1ncc(-c2cc(Cl)cc(Cl)c2)cc1F. The summed E-state index contributed by atoms with van der Waals surface area (Å²) in [6.45, 7) is 0. The molecule has 0 spiro atoms. The number of hydrogen-bond donors (Lipinski definition) is 0. The molecule has 0 atom stereocenters. The third-order valence-corrected chi connectivity index (χ3v) is 2.63. The smallest absolute Gasteiger partial charge is 0.250 e. The predicted molar refractivity (Wildman–Crippen MR) is 66.2 cm³/mol. The fourth-order valence-electron chi connectivity index (χ4n) is 1.45. The van der Waals surface area contributed by atoms with Gasteiger partial charge in [0.2, 0.25) is 5.88 Å². The molecule has 1 aromatic heterocycles. The average molecular weight is 272 g/mol. The monoisotopic (exact) mass is 271 g/mol. The molecule has 0 amide bonds. The Balaban J connectivity index is 2.49. The first-order chi connectivity index (χ1) is 8.10. The molecule has 0 bridgehead atoms. The van der Waals surface area contributed by atoms with Crippen LogP contribution in [0.25, 0.3) is 11.1 Å². The Morgan fingerprint density at radius 2 is 1.71 bits per heavy atom. The fraction of sp³-hybridized carbons (Fsp3) is 0.0833. The molecule has 0 unspecified atom stereocenters. The van der Waals surface area contributed by atoms with Crippen molar-refractivity contribution >= 4 is 23.2 Å². The number of benzene rings is 1. The second-order valence-corrected chi connectivity index (χ2v) is 4.25. The molecule has 88 valence electrons. The van der Waals surface area contributed by atoms with Crippen LogP contribution in [0.2, 0.25) is 10.0 Å². The summed E-state index contributed by atoms with van der Waals surface area (Å²) < 4.78 is 18.2. The van der Waals surface area contributed by atoms with Crippen molar-refractivity contribution in [3.8, 4) is 17.0 Å². The Hall–Kier alpha value is -1.32. The van der Waals surface area contributed by atoms with E-state index in [-0.39, 0.29) is 5.88 Å². The van der Waals surface area contributed by atoms with Crippen LogP contribution in [0.5, 0.6) is 5.88 Å². The van der Waals surface area contributed by atoms with Crippen molar-refractivity contribution in [2.45, 2.75) is 0 Å². The van der Waals surface area contributed by atoms with Gasteiger partial charge in [0, 0.05) is 21.8 Å². The van der Waals surface area contributed by atoms with E-state index < -0.39 is 5.82 Å². The van der Waals surface area contributed by atoms with Gasteiger partial charge in [-0.1, -0.05) is 23.2 Å². The zero-order valence-electron chi connectivity index (χ0n) is 8.88. The van der Waals surface area contributed by atoms with Crippen LogP contribution in [-0.2, 0) is 0 Å². The van der Waals surface area contributed by atoms with Crippen LogP contribution >= 0.6 is 23.2 Å². The summed E-state index contributed by atoms with van der Waals surface area (Å²) in [5.41, 5.74) is 1.30. The Kier molecular flexibility index (Phi) is 3.50. The van der Waals surface area contributed by atoms with Crippen LogP contribution in [0.4, 0.5) is 4.39 Å². The quantitative estimate of drug-likeness (QED) is 0.817. The molecule has 1 aromatic carbocycles. The minimum Gasteiger partial charge on any atom is -0.479 e. The van der Waals surface area contributed by atoms with E-state index in [2.05, 4.69) is 4.98 Å². The van der Waals surface area contributed by atoms with Crippen LogP contribution < -0.4 is 4.74 Å². The molecule has 2 rings (SSSR count). The Morgan fingerprint density at radius 3 is 2.24 bits per heavy atom. The largest absolute Gasteiger partial charge is 0.479 e. The first kappa shape index (κ1) is 12.1. The molecule has 0 saturated heterocycles. The molecule has 0 fully saturated rings. The number of pyridine rings is 1. The van der Waals surface area contributed by atoms with Crippen molar-refractivity contribution in [3.63, 3.8) is 0 Å². The van der Waals surface area contributed by atoms with Crippen LogP contribution in [0, 0.1) is 5.82 Å². The van der Waals surface area contributed by atoms with Gasteiger partial charge < -0.3 is 4.74 Å². The highest BCUT2D eigenvalue weighted by molar-refractivity contribution is 6.35. The number of halogens is 3. The summed E-state index contributed by atoms with van der Waals surface area (Å²) >= 11 is 11.8. The maximum atomic E-state index is 13.5. The van der Waals surface area contributed by atoms with Crippen LogP contribution in [-0.4, -0.2) is 12.1 Å². The number of ether oxygens (including phenoxy) is 1. The molecule has 0 radical (unpaired) electrons. The molecule has 17 heavy (non-hydrogen) atoms. The highest BCUT2D eigenvalue weighted by atomic mass is 35.5. The van der Waals surface area contributed by atoms with E-state index in [0.29, 0.717) is 21.2 Å². The molecule has 0 aliphatic rings. The van der Waals surface area contributed by atoms with Gasteiger partial charge in [-0.05, 0) is 29.8 Å². The normalized spacial score (nSPS) is 10.4. The van der Waals surface area contributed by atoms with Gasteiger partial charge in [0.05, 0.1) is 7.11 Å². The first-order valence-electron chi connectivity index (χ1n) is 4.76. The third-order valence-electron chi connectivity index (χ3n) is 2.20. The van der Waals surface area contributed by atoms with Gasteiger partial charge in [0.25, 0.3) is 0 Å². The lowest BCUT2D eigenvalue weighted by Crippen LogP contribution is -1.92. The van der Waals surface area contributed by atoms with Gasteiger partial charge in [0.1, 0.15) is 0 Å². The molecule has 0 aliphatic carbocycles. The van der Waals surface area contributed by atoms with Gasteiger partial charge in [-0.3, -0.25) is 0 Å².